The van der Waals surface area contributed by atoms with Gasteiger partial charge in [0.05, 0.1) is 0 Å². The highest BCUT2D eigenvalue weighted by molar-refractivity contribution is 5.28. The predicted octanol–water partition coefficient (Wildman–Crippen LogP) is 3.95. The summed E-state index contributed by atoms with van der Waals surface area (Å²) in [5.41, 5.74) is 2.99. The number of hydrogen-bond acceptors (Lipinski definition) is 2. The second-order valence-electron chi connectivity index (χ2n) is 6.39. The quantitative estimate of drug-likeness (QED) is 0.772. The zero-order chi connectivity index (χ0) is 14.4. The highest BCUT2D eigenvalue weighted by Gasteiger charge is 2.19. The topological polar surface area (TPSA) is 15.3 Å². The number of benzene rings is 1. The van der Waals surface area contributed by atoms with E-state index < -0.39 is 0 Å². The second kappa shape index (κ2) is 7.80. The molecular formula is C18H30N2. The second-order valence-corrected chi connectivity index (χ2v) is 6.39. The first-order valence-electron chi connectivity index (χ1n) is 8.18. The van der Waals surface area contributed by atoms with Crippen molar-refractivity contribution in [3.05, 3.63) is 35.4 Å². The first kappa shape index (κ1) is 15.5. The summed E-state index contributed by atoms with van der Waals surface area (Å²) in [6.07, 6.45) is 6.55. The van der Waals surface area contributed by atoms with Crippen molar-refractivity contribution in [3.8, 4) is 0 Å². The Labute approximate surface area is 124 Å². The number of hydrogen-bond donors (Lipinski definition) is 1. The van der Waals surface area contributed by atoms with Crippen LogP contribution in [0.15, 0.2) is 24.3 Å². The van der Waals surface area contributed by atoms with Gasteiger partial charge in [-0.1, -0.05) is 37.6 Å². The van der Waals surface area contributed by atoms with Crippen molar-refractivity contribution in [2.45, 2.75) is 51.0 Å². The third-order valence-corrected chi connectivity index (χ3v) is 4.42. The SMILES string of the molecule is CCCNC(CCN(C)C)c1ccc(C2CCC2)cc1. The van der Waals surface area contributed by atoms with Gasteiger partial charge in [0.1, 0.15) is 0 Å². The van der Waals surface area contributed by atoms with Gasteiger partial charge >= 0.3 is 0 Å². The van der Waals surface area contributed by atoms with Gasteiger partial charge in [-0.2, -0.15) is 0 Å². The van der Waals surface area contributed by atoms with Crippen LogP contribution in [0.5, 0.6) is 0 Å². The van der Waals surface area contributed by atoms with Gasteiger partial charge in [-0.3, -0.25) is 0 Å². The fourth-order valence-electron chi connectivity index (χ4n) is 2.83. The third kappa shape index (κ3) is 4.32. The van der Waals surface area contributed by atoms with Crippen LogP contribution in [0.4, 0.5) is 0 Å². The molecule has 112 valence electrons. The molecule has 0 amide bonds. The monoisotopic (exact) mass is 274 g/mol. The van der Waals surface area contributed by atoms with Crippen molar-refractivity contribution in [2.75, 3.05) is 27.2 Å². The molecular weight excluding hydrogens is 244 g/mol. The van der Waals surface area contributed by atoms with Crippen LogP contribution in [0.1, 0.15) is 62.1 Å². The summed E-state index contributed by atoms with van der Waals surface area (Å²) in [6.45, 7) is 4.46. The Balaban J connectivity index is 1.98. The standard InChI is InChI=1S/C18H30N2/c1-4-13-19-18(12-14-20(2)3)17-10-8-16(9-11-17)15-6-5-7-15/h8-11,15,18-19H,4-7,12-14H2,1-3H3. The summed E-state index contributed by atoms with van der Waals surface area (Å²) in [6, 6.07) is 9.89. The number of nitrogens with one attached hydrogen (secondary N) is 1. The van der Waals surface area contributed by atoms with E-state index in [0.29, 0.717) is 6.04 Å². The zero-order valence-electron chi connectivity index (χ0n) is 13.4. The maximum absolute atomic E-state index is 3.69. The molecule has 1 unspecified atom stereocenters. The van der Waals surface area contributed by atoms with Gasteiger partial charge in [-0.05, 0) is 69.9 Å². The van der Waals surface area contributed by atoms with Crippen LogP contribution in [0.3, 0.4) is 0 Å². The lowest BCUT2D eigenvalue weighted by molar-refractivity contribution is 0.361. The largest absolute Gasteiger partial charge is 0.310 e. The Morgan fingerprint density at radius 2 is 1.90 bits per heavy atom. The van der Waals surface area contributed by atoms with Crippen molar-refractivity contribution in [1.82, 2.24) is 10.2 Å². The van der Waals surface area contributed by atoms with Gasteiger partial charge in [0.25, 0.3) is 0 Å². The number of nitrogens with zero attached hydrogens (tertiary/aromatic N) is 1. The highest BCUT2D eigenvalue weighted by atomic mass is 15.1. The third-order valence-electron chi connectivity index (χ3n) is 4.42. The average molecular weight is 274 g/mol. The van der Waals surface area contributed by atoms with Crippen molar-refractivity contribution in [2.24, 2.45) is 0 Å². The van der Waals surface area contributed by atoms with E-state index in [9.17, 15) is 0 Å². The molecule has 0 radical (unpaired) electrons. The fraction of sp³-hybridized carbons (Fsp3) is 0.667. The molecule has 2 heteroatoms. The Kier molecular flexibility index (Phi) is 6.06. The molecule has 2 nitrogen and oxygen atoms in total. The molecule has 1 aliphatic rings. The predicted molar refractivity (Wildman–Crippen MR) is 87.2 cm³/mol. The van der Waals surface area contributed by atoms with Crippen LogP contribution in [-0.4, -0.2) is 32.1 Å². The minimum Gasteiger partial charge on any atom is -0.310 e. The summed E-state index contributed by atoms with van der Waals surface area (Å²) in [5, 5.41) is 3.69. The molecule has 1 saturated carbocycles. The highest BCUT2D eigenvalue weighted by Crippen LogP contribution is 2.36. The van der Waals surface area contributed by atoms with Crippen LogP contribution >= 0.6 is 0 Å². The first-order valence-corrected chi connectivity index (χ1v) is 8.18. The van der Waals surface area contributed by atoms with Gasteiger partial charge in [0.2, 0.25) is 0 Å². The van der Waals surface area contributed by atoms with E-state index in [1.54, 1.807) is 5.56 Å². The summed E-state index contributed by atoms with van der Waals surface area (Å²) >= 11 is 0. The molecule has 1 aromatic carbocycles. The Bertz CT molecular complexity index is 379. The molecule has 1 atom stereocenters. The zero-order valence-corrected chi connectivity index (χ0v) is 13.4. The molecule has 0 aromatic heterocycles. The van der Waals surface area contributed by atoms with E-state index in [0.717, 1.165) is 19.0 Å². The van der Waals surface area contributed by atoms with Crippen molar-refractivity contribution < 1.29 is 0 Å². The van der Waals surface area contributed by atoms with E-state index >= 15 is 0 Å². The van der Waals surface area contributed by atoms with Gasteiger partial charge < -0.3 is 10.2 Å². The Morgan fingerprint density at radius 1 is 1.20 bits per heavy atom. The minimum atomic E-state index is 0.493. The van der Waals surface area contributed by atoms with Crippen LogP contribution in [-0.2, 0) is 0 Å². The summed E-state index contributed by atoms with van der Waals surface area (Å²) in [4.78, 5) is 2.27. The molecule has 0 saturated heterocycles. The number of rotatable bonds is 8. The summed E-state index contributed by atoms with van der Waals surface area (Å²) in [7, 11) is 4.30. The van der Waals surface area contributed by atoms with Crippen LogP contribution in [0.2, 0.25) is 0 Å². The fourth-order valence-corrected chi connectivity index (χ4v) is 2.83. The maximum Gasteiger partial charge on any atom is 0.0332 e. The average Bonchev–Trinajstić information content (AvgIpc) is 2.38. The lowest BCUT2D eigenvalue weighted by Gasteiger charge is -2.27. The molecule has 0 aliphatic heterocycles. The molecule has 20 heavy (non-hydrogen) atoms. The molecule has 2 rings (SSSR count). The normalized spacial score (nSPS) is 17.2. The van der Waals surface area contributed by atoms with E-state index in [1.807, 2.05) is 0 Å². The molecule has 0 spiro atoms. The van der Waals surface area contributed by atoms with Gasteiger partial charge in [-0.15, -0.1) is 0 Å². The minimum absolute atomic E-state index is 0.493. The first-order chi connectivity index (χ1) is 9.70. The van der Waals surface area contributed by atoms with Gasteiger partial charge in [-0.25, -0.2) is 0 Å². The van der Waals surface area contributed by atoms with E-state index in [2.05, 4.69) is 55.5 Å². The van der Waals surface area contributed by atoms with Crippen molar-refractivity contribution in [3.63, 3.8) is 0 Å². The van der Waals surface area contributed by atoms with Crippen LogP contribution in [0.25, 0.3) is 0 Å². The van der Waals surface area contributed by atoms with Crippen molar-refractivity contribution in [1.29, 1.82) is 0 Å². The summed E-state index contributed by atoms with van der Waals surface area (Å²) < 4.78 is 0. The molecule has 1 N–H and O–H groups in total. The van der Waals surface area contributed by atoms with E-state index in [4.69, 9.17) is 0 Å². The summed E-state index contributed by atoms with van der Waals surface area (Å²) in [5.74, 6) is 0.841. The molecule has 1 aliphatic carbocycles. The molecule has 1 fully saturated rings. The van der Waals surface area contributed by atoms with Crippen LogP contribution in [0, 0.1) is 0 Å². The molecule has 0 bridgehead atoms. The molecule has 1 aromatic rings. The Morgan fingerprint density at radius 3 is 2.40 bits per heavy atom. The lowest BCUT2D eigenvalue weighted by Crippen LogP contribution is -2.26. The van der Waals surface area contributed by atoms with Crippen LogP contribution < -0.4 is 5.32 Å². The lowest BCUT2D eigenvalue weighted by atomic mass is 9.80. The van der Waals surface area contributed by atoms with Gasteiger partial charge in [0, 0.05) is 6.04 Å². The van der Waals surface area contributed by atoms with E-state index in [-0.39, 0.29) is 0 Å². The Hall–Kier alpha value is -0.860. The van der Waals surface area contributed by atoms with E-state index in [1.165, 1.54) is 37.7 Å². The molecule has 0 heterocycles. The smallest absolute Gasteiger partial charge is 0.0332 e. The van der Waals surface area contributed by atoms with Crippen molar-refractivity contribution >= 4 is 0 Å². The maximum atomic E-state index is 3.69. The van der Waals surface area contributed by atoms with Gasteiger partial charge in [0.15, 0.2) is 0 Å².